The molecule has 0 saturated carbocycles. The first-order valence-electron chi connectivity index (χ1n) is 8.03. The SMILES string of the molecule is Cc1nc(N2CCOC(CN(C)CC(=O)O)C2)nc2ccccc12. The molecule has 2 heterocycles. The summed E-state index contributed by atoms with van der Waals surface area (Å²) in [5.41, 5.74) is 1.90. The second-order valence-corrected chi connectivity index (χ2v) is 6.16. The zero-order chi connectivity index (χ0) is 17.1. The van der Waals surface area contributed by atoms with Gasteiger partial charge >= 0.3 is 5.97 Å². The molecule has 3 rings (SSSR count). The van der Waals surface area contributed by atoms with Crippen LogP contribution in [-0.4, -0.2) is 71.9 Å². The number of nitrogens with zero attached hydrogens (tertiary/aromatic N) is 4. The van der Waals surface area contributed by atoms with Crippen molar-refractivity contribution in [3.63, 3.8) is 0 Å². The highest BCUT2D eigenvalue weighted by atomic mass is 16.5. The van der Waals surface area contributed by atoms with Crippen molar-refractivity contribution in [1.82, 2.24) is 14.9 Å². The molecule has 2 aromatic rings. The molecule has 7 heteroatoms. The number of ether oxygens (including phenoxy) is 1. The van der Waals surface area contributed by atoms with Crippen molar-refractivity contribution in [2.75, 3.05) is 44.7 Å². The zero-order valence-electron chi connectivity index (χ0n) is 14.0. The number of morpholine rings is 1. The molecule has 24 heavy (non-hydrogen) atoms. The number of aryl methyl sites for hydroxylation is 1. The molecule has 0 radical (unpaired) electrons. The Morgan fingerprint density at radius 3 is 3.00 bits per heavy atom. The fraction of sp³-hybridized carbons (Fsp3) is 0.471. The molecule has 1 N–H and O–H groups in total. The third kappa shape index (κ3) is 3.80. The number of aliphatic carboxylic acids is 1. The molecule has 1 unspecified atom stereocenters. The van der Waals surface area contributed by atoms with E-state index >= 15 is 0 Å². The summed E-state index contributed by atoms with van der Waals surface area (Å²) < 4.78 is 5.77. The van der Waals surface area contributed by atoms with E-state index in [1.165, 1.54) is 0 Å². The number of benzene rings is 1. The molecule has 1 fully saturated rings. The standard InChI is InChI=1S/C17H22N4O3/c1-12-14-5-3-4-6-15(14)19-17(18-12)21-7-8-24-13(10-21)9-20(2)11-16(22)23/h3-6,13H,7-11H2,1-2H3,(H,22,23). The summed E-state index contributed by atoms with van der Waals surface area (Å²) in [7, 11) is 1.78. The molecule has 0 bridgehead atoms. The third-order valence-electron chi connectivity index (χ3n) is 4.12. The lowest BCUT2D eigenvalue weighted by molar-refractivity contribution is -0.138. The van der Waals surface area contributed by atoms with Crippen molar-refractivity contribution >= 4 is 22.8 Å². The maximum Gasteiger partial charge on any atom is 0.317 e. The summed E-state index contributed by atoms with van der Waals surface area (Å²) in [6, 6.07) is 7.98. The monoisotopic (exact) mass is 330 g/mol. The number of para-hydroxylation sites is 1. The first-order valence-corrected chi connectivity index (χ1v) is 8.03. The topological polar surface area (TPSA) is 78.8 Å². The van der Waals surface area contributed by atoms with E-state index in [1.807, 2.05) is 31.2 Å². The Morgan fingerprint density at radius 2 is 2.21 bits per heavy atom. The minimum Gasteiger partial charge on any atom is -0.480 e. The molecule has 0 aliphatic carbocycles. The number of carbonyl (C=O) groups is 1. The summed E-state index contributed by atoms with van der Waals surface area (Å²) in [6.45, 7) is 4.53. The van der Waals surface area contributed by atoms with Crippen LogP contribution in [0.25, 0.3) is 10.9 Å². The predicted molar refractivity (Wildman–Crippen MR) is 91.4 cm³/mol. The maximum absolute atomic E-state index is 10.8. The average molecular weight is 330 g/mol. The molecular weight excluding hydrogens is 308 g/mol. The highest BCUT2D eigenvalue weighted by molar-refractivity contribution is 5.81. The van der Waals surface area contributed by atoms with Gasteiger partial charge < -0.3 is 14.7 Å². The number of hydrogen-bond donors (Lipinski definition) is 1. The predicted octanol–water partition coefficient (Wildman–Crippen LogP) is 1.16. The quantitative estimate of drug-likeness (QED) is 0.881. The van der Waals surface area contributed by atoms with Crippen LogP contribution in [0.15, 0.2) is 24.3 Å². The van der Waals surface area contributed by atoms with Gasteiger partial charge in [-0.15, -0.1) is 0 Å². The van der Waals surface area contributed by atoms with Crippen LogP contribution in [0.1, 0.15) is 5.69 Å². The fourth-order valence-electron chi connectivity index (χ4n) is 3.02. The molecule has 7 nitrogen and oxygen atoms in total. The summed E-state index contributed by atoms with van der Waals surface area (Å²) in [5, 5.41) is 9.92. The Balaban J connectivity index is 1.74. The van der Waals surface area contributed by atoms with Crippen LogP contribution in [-0.2, 0) is 9.53 Å². The molecule has 1 aromatic heterocycles. The molecule has 128 valence electrons. The Labute approximate surface area is 140 Å². The van der Waals surface area contributed by atoms with E-state index in [9.17, 15) is 4.79 Å². The van der Waals surface area contributed by atoms with Gasteiger partial charge in [0.05, 0.1) is 30.5 Å². The highest BCUT2D eigenvalue weighted by Gasteiger charge is 2.24. The second-order valence-electron chi connectivity index (χ2n) is 6.16. The minimum absolute atomic E-state index is 0.00540. The summed E-state index contributed by atoms with van der Waals surface area (Å²) >= 11 is 0. The Morgan fingerprint density at radius 1 is 1.42 bits per heavy atom. The van der Waals surface area contributed by atoms with Gasteiger partial charge in [-0.1, -0.05) is 18.2 Å². The van der Waals surface area contributed by atoms with Gasteiger partial charge in [-0.05, 0) is 20.0 Å². The molecular formula is C17H22N4O3. The van der Waals surface area contributed by atoms with Gasteiger partial charge in [0.2, 0.25) is 5.95 Å². The highest BCUT2D eigenvalue weighted by Crippen LogP contribution is 2.20. The lowest BCUT2D eigenvalue weighted by Gasteiger charge is -2.34. The van der Waals surface area contributed by atoms with Crippen molar-refractivity contribution in [3.8, 4) is 0 Å². The normalized spacial score (nSPS) is 18.3. The number of aromatic nitrogens is 2. The van der Waals surface area contributed by atoms with E-state index in [0.29, 0.717) is 25.6 Å². The molecule has 1 aliphatic heterocycles. The lowest BCUT2D eigenvalue weighted by Crippen LogP contribution is -2.48. The smallest absolute Gasteiger partial charge is 0.317 e. The molecule has 1 aliphatic rings. The minimum atomic E-state index is -0.835. The number of carboxylic acids is 1. The zero-order valence-corrected chi connectivity index (χ0v) is 14.0. The summed E-state index contributed by atoms with van der Waals surface area (Å²) in [5.74, 6) is -0.126. The number of likely N-dealkylation sites (N-methyl/N-ethyl adjacent to an activating group) is 1. The van der Waals surface area contributed by atoms with E-state index in [-0.39, 0.29) is 12.6 Å². The van der Waals surface area contributed by atoms with Gasteiger partial charge in [-0.2, -0.15) is 0 Å². The van der Waals surface area contributed by atoms with Gasteiger partial charge in [0.25, 0.3) is 0 Å². The van der Waals surface area contributed by atoms with Gasteiger partial charge in [0, 0.05) is 25.0 Å². The third-order valence-corrected chi connectivity index (χ3v) is 4.12. The lowest BCUT2D eigenvalue weighted by atomic mass is 10.2. The van der Waals surface area contributed by atoms with Gasteiger partial charge in [-0.3, -0.25) is 9.69 Å². The fourth-order valence-corrected chi connectivity index (χ4v) is 3.02. The number of anilines is 1. The second kappa shape index (κ2) is 7.11. The van der Waals surface area contributed by atoms with Crippen LogP contribution >= 0.6 is 0 Å². The Bertz CT molecular complexity index is 737. The summed E-state index contributed by atoms with van der Waals surface area (Å²) in [4.78, 5) is 24.0. The summed E-state index contributed by atoms with van der Waals surface area (Å²) in [6.07, 6.45) is -0.0570. The van der Waals surface area contributed by atoms with Crippen LogP contribution in [0, 0.1) is 6.92 Å². The molecule has 1 atom stereocenters. The number of hydrogen-bond acceptors (Lipinski definition) is 6. The largest absolute Gasteiger partial charge is 0.480 e. The molecule has 0 amide bonds. The van der Waals surface area contributed by atoms with Crippen molar-refractivity contribution in [2.24, 2.45) is 0 Å². The average Bonchev–Trinajstić information content (AvgIpc) is 2.54. The Kier molecular flexibility index (Phi) is 4.92. The van der Waals surface area contributed by atoms with Gasteiger partial charge in [-0.25, -0.2) is 9.97 Å². The van der Waals surface area contributed by atoms with Crippen molar-refractivity contribution in [2.45, 2.75) is 13.0 Å². The van der Waals surface area contributed by atoms with Crippen molar-refractivity contribution in [3.05, 3.63) is 30.0 Å². The molecule has 1 saturated heterocycles. The van der Waals surface area contributed by atoms with E-state index in [1.54, 1.807) is 11.9 Å². The van der Waals surface area contributed by atoms with Gasteiger partial charge in [0.15, 0.2) is 0 Å². The van der Waals surface area contributed by atoms with Crippen LogP contribution < -0.4 is 4.90 Å². The van der Waals surface area contributed by atoms with Crippen LogP contribution in [0.3, 0.4) is 0 Å². The van der Waals surface area contributed by atoms with Gasteiger partial charge in [0.1, 0.15) is 0 Å². The van der Waals surface area contributed by atoms with E-state index in [0.717, 1.165) is 23.1 Å². The first kappa shape index (κ1) is 16.6. The Hall–Kier alpha value is -2.25. The van der Waals surface area contributed by atoms with Crippen LogP contribution in [0.4, 0.5) is 5.95 Å². The van der Waals surface area contributed by atoms with E-state index < -0.39 is 5.97 Å². The first-order chi connectivity index (χ1) is 11.5. The van der Waals surface area contributed by atoms with E-state index in [4.69, 9.17) is 9.84 Å². The number of rotatable bonds is 5. The van der Waals surface area contributed by atoms with Crippen molar-refractivity contribution in [1.29, 1.82) is 0 Å². The van der Waals surface area contributed by atoms with Crippen LogP contribution in [0.5, 0.6) is 0 Å². The van der Waals surface area contributed by atoms with E-state index in [2.05, 4.69) is 14.9 Å². The molecule has 1 aromatic carbocycles. The van der Waals surface area contributed by atoms with Crippen molar-refractivity contribution < 1.29 is 14.6 Å². The van der Waals surface area contributed by atoms with Crippen LogP contribution in [0.2, 0.25) is 0 Å². The maximum atomic E-state index is 10.8. The number of fused-ring (bicyclic) bond motifs is 1. The molecule has 0 spiro atoms. The number of carboxylic acid groups (broad SMARTS) is 1.